The van der Waals surface area contributed by atoms with Crippen LogP contribution in [0, 0.1) is 0 Å². The fraction of sp³-hybridized carbons (Fsp3) is 0.357. The molecule has 3 N–H and O–H groups in total. The minimum absolute atomic E-state index is 0.0924. The zero-order valence-corrected chi connectivity index (χ0v) is 10.2. The Bertz CT molecular complexity index is 575. The first-order valence-electron chi connectivity index (χ1n) is 6.35. The third-order valence-corrected chi connectivity index (χ3v) is 3.66. The van der Waals surface area contributed by atoms with E-state index in [1.165, 1.54) is 10.9 Å². The number of para-hydroxylation sites is 1. The van der Waals surface area contributed by atoms with E-state index in [1.807, 2.05) is 23.2 Å². The van der Waals surface area contributed by atoms with E-state index in [1.54, 1.807) is 0 Å². The van der Waals surface area contributed by atoms with Crippen LogP contribution in [0.3, 0.4) is 0 Å². The molecular weight excluding hydrogens is 226 g/mol. The smallest absolute Gasteiger partial charge is 0.239 e. The van der Waals surface area contributed by atoms with E-state index in [-0.39, 0.29) is 11.9 Å². The molecule has 18 heavy (non-hydrogen) atoms. The Balaban J connectivity index is 1.72. The van der Waals surface area contributed by atoms with Gasteiger partial charge in [-0.15, -0.1) is 0 Å². The lowest BCUT2D eigenvalue weighted by Gasteiger charge is -2.15. The lowest BCUT2D eigenvalue weighted by molar-refractivity contribution is -0.128. The number of benzene rings is 1. The van der Waals surface area contributed by atoms with Crippen molar-refractivity contribution in [1.29, 1.82) is 0 Å². The van der Waals surface area contributed by atoms with Crippen molar-refractivity contribution in [3.05, 3.63) is 36.0 Å². The molecule has 1 amide bonds. The molecule has 1 aromatic carbocycles. The van der Waals surface area contributed by atoms with Crippen LogP contribution in [0.5, 0.6) is 0 Å². The number of fused-ring (bicyclic) bond motifs is 1. The van der Waals surface area contributed by atoms with E-state index in [0.29, 0.717) is 0 Å². The van der Waals surface area contributed by atoms with Crippen molar-refractivity contribution in [3.63, 3.8) is 0 Å². The molecule has 1 aliphatic rings. The summed E-state index contributed by atoms with van der Waals surface area (Å²) in [7, 11) is 0. The van der Waals surface area contributed by atoms with Crippen LogP contribution in [0.1, 0.15) is 12.0 Å². The fourth-order valence-electron chi connectivity index (χ4n) is 2.58. The van der Waals surface area contributed by atoms with Gasteiger partial charge in [0.2, 0.25) is 5.91 Å². The first kappa shape index (κ1) is 11.3. The Morgan fingerprint density at radius 2 is 2.22 bits per heavy atom. The summed E-state index contributed by atoms with van der Waals surface area (Å²) in [6.45, 7) is 1.55. The minimum atomic E-state index is -0.284. The molecular formula is C14H17N3O. The molecule has 0 radical (unpaired) electrons. The van der Waals surface area contributed by atoms with Crippen LogP contribution in [-0.2, 0) is 11.2 Å². The maximum Gasteiger partial charge on any atom is 0.239 e. The number of hydrogen-bond acceptors (Lipinski definition) is 2. The molecule has 4 nitrogen and oxygen atoms in total. The van der Waals surface area contributed by atoms with Crippen LogP contribution in [0.25, 0.3) is 10.9 Å². The standard InChI is InChI=1S/C14H17N3O/c15-12-6-8-17(14(12)18)7-5-10-9-16-13-4-2-1-3-11(10)13/h1-4,9,12,16H,5-8,15H2. The maximum atomic E-state index is 11.7. The van der Waals surface area contributed by atoms with Crippen molar-refractivity contribution >= 4 is 16.8 Å². The average Bonchev–Trinajstić information content (AvgIpc) is 2.94. The van der Waals surface area contributed by atoms with E-state index in [9.17, 15) is 4.79 Å². The Hall–Kier alpha value is -1.81. The summed E-state index contributed by atoms with van der Waals surface area (Å²) < 4.78 is 0. The number of hydrogen-bond donors (Lipinski definition) is 2. The number of rotatable bonds is 3. The van der Waals surface area contributed by atoms with Gasteiger partial charge in [0.1, 0.15) is 0 Å². The second-order valence-electron chi connectivity index (χ2n) is 4.83. The molecule has 2 heterocycles. The highest BCUT2D eigenvalue weighted by Crippen LogP contribution is 2.19. The van der Waals surface area contributed by atoms with Crippen LogP contribution >= 0.6 is 0 Å². The predicted molar refractivity (Wildman–Crippen MR) is 71.2 cm³/mol. The largest absolute Gasteiger partial charge is 0.361 e. The van der Waals surface area contributed by atoms with Crippen LogP contribution in [0.2, 0.25) is 0 Å². The number of amides is 1. The minimum Gasteiger partial charge on any atom is -0.361 e. The third kappa shape index (κ3) is 1.88. The fourth-order valence-corrected chi connectivity index (χ4v) is 2.58. The number of nitrogens with two attached hydrogens (primary N) is 1. The van der Waals surface area contributed by atoms with Crippen LogP contribution in [0.4, 0.5) is 0 Å². The second-order valence-corrected chi connectivity index (χ2v) is 4.83. The van der Waals surface area contributed by atoms with E-state index in [4.69, 9.17) is 5.73 Å². The summed E-state index contributed by atoms with van der Waals surface area (Å²) in [6.07, 6.45) is 3.69. The summed E-state index contributed by atoms with van der Waals surface area (Å²) in [6, 6.07) is 7.95. The van der Waals surface area contributed by atoms with Crippen molar-refractivity contribution in [2.75, 3.05) is 13.1 Å². The molecule has 1 fully saturated rings. The highest BCUT2D eigenvalue weighted by atomic mass is 16.2. The second kappa shape index (κ2) is 4.46. The number of carbonyl (C=O) groups excluding carboxylic acids is 1. The monoisotopic (exact) mass is 243 g/mol. The number of aromatic nitrogens is 1. The normalized spacial score (nSPS) is 19.9. The van der Waals surface area contributed by atoms with Gasteiger partial charge in [-0.1, -0.05) is 18.2 Å². The third-order valence-electron chi connectivity index (χ3n) is 3.66. The summed E-state index contributed by atoms with van der Waals surface area (Å²) in [5, 5.41) is 1.24. The molecule has 2 aromatic rings. The van der Waals surface area contributed by atoms with Crippen LogP contribution < -0.4 is 5.73 Å². The molecule has 0 spiro atoms. The number of nitrogens with one attached hydrogen (secondary N) is 1. The quantitative estimate of drug-likeness (QED) is 0.852. The average molecular weight is 243 g/mol. The Kier molecular flexibility index (Phi) is 2.80. The lowest BCUT2D eigenvalue weighted by Crippen LogP contribution is -2.35. The number of likely N-dealkylation sites (tertiary alicyclic amines) is 1. The predicted octanol–water partition coefficient (Wildman–Crippen LogP) is 1.27. The van der Waals surface area contributed by atoms with Crippen molar-refractivity contribution in [2.24, 2.45) is 5.73 Å². The molecule has 4 heteroatoms. The topological polar surface area (TPSA) is 62.1 Å². The van der Waals surface area contributed by atoms with Gasteiger partial charge < -0.3 is 15.6 Å². The van der Waals surface area contributed by atoms with Gasteiger partial charge in [0.15, 0.2) is 0 Å². The molecule has 1 saturated heterocycles. The maximum absolute atomic E-state index is 11.7. The van der Waals surface area contributed by atoms with E-state index >= 15 is 0 Å². The van der Waals surface area contributed by atoms with Crippen LogP contribution in [-0.4, -0.2) is 34.9 Å². The van der Waals surface area contributed by atoms with Gasteiger partial charge in [-0.05, 0) is 24.5 Å². The molecule has 0 saturated carbocycles. The van der Waals surface area contributed by atoms with Gasteiger partial charge in [-0.2, -0.15) is 0 Å². The zero-order valence-electron chi connectivity index (χ0n) is 10.2. The van der Waals surface area contributed by atoms with Gasteiger partial charge in [0.25, 0.3) is 0 Å². The first-order valence-corrected chi connectivity index (χ1v) is 6.35. The molecule has 0 bridgehead atoms. The summed E-state index contributed by atoms with van der Waals surface area (Å²) >= 11 is 0. The Labute approximate surface area is 106 Å². The van der Waals surface area contributed by atoms with Crippen molar-refractivity contribution < 1.29 is 4.79 Å². The number of carbonyl (C=O) groups is 1. The molecule has 1 aliphatic heterocycles. The summed E-state index contributed by atoms with van der Waals surface area (Å²) in [5.41, 5.74) is 8.12. The molecule has 94 valence electrons. The van der Waals surface area contributed by atoms with Crippen molar-refractivity contribution in [1.82, 2.24) is 9.88 Å². The van der Waals surface area contributed by atoms with Gasteiger partial charge in [0.05, 0.1) is 6.04 Å². The summed E-state index contributed by atoms with van der Waals surface area (Å²) in [4.78, 5) is 16.8. The number of nitrogens with zero attached hydrogens (tertiary/aromatic N) is 1. The molecule has 0 aliphatic carbocycles. The summed E-state index contributed by atoms with van der Waals surface area (Å²) in [5.74, 6) is 0.0924. The van der Waals surface area contributed by atoms with Gasteiger partial charge in [-0.25, -0.2) is 0 Å². The van der Waals surface area contributed by atoms with E-state index < -0.39 is 0 Å². The zero-order chi connectivity index (χ0) is 12.5. The van der Waals surface area contributed by atoms with Crippen LogP contribution in [0.15, 0.2) is 30.5 Å². The Morgan fingerprint density at radius 1 is 1.39 bits per heavy atom. The highest BCUT2D eigenvalue weighted by molar-refractivity contribution is 5.84. The number of aromatic amines is 1. The highest BCUT2D eigenvalue weighted by Gasteiger charge is 2.27. The van der Waals surface area contributed by atoms with Crippen molar-refractivity contribution in [3.8, 4) is 0 Å². The van der Waals surface area contributed by atoms with E-state index in [2.05, 4.69) is 17.1 Å². The molecule has 1 unspecified atom stereocenters. The van der Waals surface area contributed by atoms with Gasteiger partial charge >= 0.3 is 0 Å². The number of H-pyrrole nitrogens is 1. The lowest BCUT2D eigenvalue weighted by atomic mass is 10.1. The van der Waals surface area contributed by atoms with E-state index in [0.717, 1.165) is 31.4 Å². The SMILES string of the molecule is NC1CCN(CCc2c[nH]c3ccccc23)C1=O. The Morgan fingerprint density at radius 3 is 3.00 bits per heavy atom. The first-order chi connectivity index (χ1) is 8.75. The molecule has 1 atom stereocenters. The van der Waals surface area contributed by atoms with Crippen molar-refractivity contribution in [2.45, 2.75) is 18.9 Å². The molecule has 3 rings (SSSR count). The molecule has 1 aromatic heterocycles. The van der Waals surface area contributed by atoms with Gasteiger partial charge in [-0.3, -0.25) is 4.79 Å². The van der Waals surface area contributed by atoms with Gasteiger partial charge in [0, 0.05) is 30.2 Å².